The summed E-state index contributed by atoms with van der Waals surface area (Å²) in [5.41, 5.74) is 0.775. The second-order valence-corrected chi connectivity index (χ2v) is 43.9. The summed E-state index contributed by atoms with van der Waals surface area (Å²) >= 11 is 46.5. The molecule has 0 saturated carbocycles. The molecule has 8 aromatic carbocycles. The zero-order valence-corrected chi connectivity index (χ0v) is 87.0. The van der Waals surface area contributed by atoms with Gasteiger partial charge in [0.25, 0.3) is 5.24 Å². The summed E-state index contributed by atoms with van der Waals surface area (Å²) in [5.74, 6) is 4.93. The molecule has 0 bridgehead atoms. The number of hydrogen-bond donors (Lipinski definition) is 6. The number of aliphatic carboxylic acids is 1. The zero-order valence-electron chi connectivity index (χ0n) is 72.4. The lowest BCUT2D eigenvalue weighted by molar-refractivity contribution is -0.140. The van der Waals surface area contributed by atoms with Crippen molar-refractivity contribution in [1.82, 2.24) is 0 Å². The number of ether oxygens (including phenoxy) is 19. The lowest BCUT2D eigenvalue weighted by Crippen LogP contribution is -1.97. The summed E-state index contributed by atoms with van der Waals surface area (Å²) in [6, 6.07) is 33.0. The van der Waals surface area contributed by atoms with Crippen LogP contribution in [0.4, 0.5) is 0 Å². The van der Waals surface area contributed by atoms with Crippen LogP contribution in [0.25, 0.3) is 76.7 Å². The van der Waals surface area contributed by atoms with Gasteiger partial charge in [-0.2, -0.15) is 12.6 Å². The molecule has 140 heavy (non-hydrogen) atoms. The van der Waals surface area contributed by atoms with E-state index in [1.165, 1.54) is 122 Å². The largest absolute Gasteiger partial charge is 0.643 e. The molecule has 7 aromatic heterocycles. The number of thiol groups is 1. The predicted molar refractivity (Wildman–Crippen MR) is 542 cm³/mol. The first-order valence-corrected chi connectivity index (χ1v) is 53.2. The number of carboxylic acids is 3. The Morgan fingerprint density at radius 2 is 0.643 bits per heavy atom. The molecule has 7 aliphatic heterocycles. The van der Waals surface area contributed by atoms with E-state index in [9.17, 15) is 53.4 Å². The maximum Gasteiger partial charge on any atom is 0.643 e. The number of esters is 5. The van der Waals surface area contributed by atoms with Gasteiger partial charge < -0.3 is 116 Å². The lowest BCUT2D eigenvalue weighted by Gasteiger charge is -1.96. The number of carbonyl (C=O) groups excluding carboxylic acids is 6. The van der Waals surface area contributed by atoms with Gasteiger partial charge in [-0.05, 0) is 113 Å². The van der Waals surface area contributed by atoms with Gasteiger partial charge in [0.15, 0.2) is 92.0 Å². The van der Waals surface area contributed by atoms with Crippen LogP contribution in [0.5, 0.6) is 92.0 Å². The molecule has 734 valence electrons. The van der Waals surface area contributed by atoms with Crippen LogP contribution in [0.1, 0.15) is 94.0 Å². The monoisotopic (exact) mass is 2260 g/mol. The van der Waals surface area contributed by atoms with Gasteiger partial charge >= 0.3 is 59.1 Å². The van der Waals surface area contributed by atoms with Gasteiger partial charge in [0.1, 0.15) is 34.1 Å². The van der Waals surface area contributed by atoms with Crippen molar-refractivity contribution in [2.24, 2.45) is 0 Å². The predicted octanol–water partition coefficient (Wildman–Crippen LogP) is 25.0. The first-order chi connectivity index (χ1) is 67.0. The summed E-state index contributed by atoms with van der Waals surface area (Å²) in [6.07, 6.45) is 2.59. The highest BCUT2D eigenvalue weighted by Crippen LogP contribution is 2.50. The molecule has 0 unspecified atom stereocenters. The van der Waals surface area contributed by atoms with E-state index in [2.05, 4.69) is 36.3 Å². The number of phenolic OH excluding ortho intramolecular Hbond substituents is 2. The number of rotatable bonds is 10. The van der Waals surface area contributed by atoms with Crippen LogP contribution in [-0.4, -0.2) is 178 Å². The van der Waals surface area contributed by atoms with Crippen LogP contribution in [-0.2, 0) is 33.3 Å². The van der Waals surface area contributed by atoms with E-state index in [0.29, 0.717) is 135 Å². The number of methoxy groups -OCH3 is 4. The van der Waals surface area contributed by atoms with Crippen molar-refractivity contribution < 1.29 is 159 Å². The van der Waals surface area contributed by atoms with Crippen LogP contribution in [0, 0.1) is 0 Å². The van der Waals surface area contributed by atoms with Gasteiger partial charge in [0.05, 0.1) is 60.2 Å². The molecular formula is C89H66AlCl9O33S8. The molecule has 0 aliphatic carbocycles. The SMILES string of the molecule is CCOC(C)=O.CCS.COC(=O)c1cc2cc3c(cc2s1)OCO3.COC(=O)c1sc2cc3c(cc2c1Cl)OCO3.COC(=O)c1sc2cc3c(cc2c1Cl)OCO3.COC(=O)c1sc2cc3c(cc2c1Cl)OCO3.O=C(Cl)c1sc2cc3c(cc2c1Cl)OCO3.O=C(O)/C=C/c1ccc2c(c1)OCO2.O=C(O)c1cc2cc3c(cc2s1)OCO3.O=C(O)c1sc2cc(O)c(O)cc2c1Cl.[Cl][Al]([Cl])[Cl]. The highest BCUT2D eigenvalue weighted by molar-refractivity contribution is 7.80. The number of aromatic carboxylic acids is 2. The standard InChI is InChI=1S/3C11H7ClO4S.C11H8O4S.C10H4Cl2O3S.C10H6O4S.C10H8O4.C9H5ClO4S.C4H8O2.C2H6S.Al.3ClH/c3*1-14-11(13)10-9(12)5-2-6-7(16-4-15-6)3-8(5)17-10;1-13-11(12)10-3-6-2-7-8(15-5-14-7)4-9(6)16-10;11-8-4-1-5-6(15-3-14-5)2-7(4)16-9(8)10(12)13;11-10(12)9-2-5-1-6-7(14-4-13-6)3-8(5)15-9;11-10(12)4-2-7-1-3-8-9(5-7)14-6-13-8;10-7-3-1-4(11)5(12)2-6(3)15-8(7)9(13)14;1-3-6-4(2)5;1-2-3;;;;/h3*2-3H,4H2,1H3;2-4H,5H2,1H3;1-2H,3H2;1-3H,4H2,(H,11,12);1-5H,6H2,(H,11,12);1-2,11-12H,(H,13,14);3H2,1-2H3;3H,2H2,1H3;;3*1H/q;;;;;;;;;;+3;;;/p-3/b;;;;;;4-2+;;;;;;;. The fraction of sp³-hybridized carbons (Fsp3) is 0.180. The minimum atomic E-state index is -1.72. The molecule has 15 aromatic rings. The van der Waals surface area contributed by atoms with E-state index in [1.54, 1.807) is 73.7 Å². The molecule has 0 amide bonds. The van der Waals surface area contributed by atoms with Crippen molar-refractivity contribution in [2.75, 3.05) is 88.3 Å². The van der Waals surface area contributed by atoms with E-state index < -0.39 is 52.4 Å². The van der Waals surface area contributed by atoms with Crippen molar-refractivity contribution >= 4 is 333 Å². The molecule has 0 fully saturated rings. The van der Waals surface area contributed by atoms with Gasteiger partial charge in [0, 0.05) is 115 Å². The van der Waals surface area contributed by atoms with Crippen molar-refractivity contribution in [3.63, 3.8) is 0 Å². The molecule has 0 radical (unpaired) electrons. The van der Waals surface area contributed by atoms with E-state index in [0.717, 1.165) is 101 Å². The van der Waals surface area contributed by atoms with Crippen LogP contribution >= 0.6 is 192 Å². The number of thiophene rings is 7. The number of halogens is 9. The molecular weight excluding hydrogens is 2200 g/mol. The fourth-order valence-electron chi connectivity index (χ4n) is 12.4. The Labute approximate surface area is 870 Å². The van der Waals surface area contributed by atoms with Crippen LogP contribution in [0.2, 0.25) is 25.1 Å². The third kappa shape index (κ3) is 26.4. The van der Waals surface area contributed by atoms with Crippen LogP contribution < -0.4 is 66.3 Å². The summed E-state index contributed by atoms with van der Waals surface area (Å²) in [7, 11) is 20.2. The maximum atomic E-state index is 11.5. The average Bonchev–Trinajstić information content (AvgIpc) is 1.63. The second kappa shape index (κ2) is 49.6. The summed E-state index contributed by atoms with van der Waals surface area (Å²) in [4.78, 5) is 101. The lowest BCUT2D eigenvalue weighted by atomic mass is 10.2. The number of aromatic hydroxyl groups is 2. The Morgan fingerprint density at radius 1 is 0.364 bits per heavy atom. The van der Waals surface area contributed by atoms with E-state index in [-0.39, 0.29) is 80.9 Å². The van der Waals surface area contributed by atoms with Crippen molar-refractivity contribution in [3.8, 4) is 92.0 Å². The minimum absolute atomic E-state index is 0.00309. The number of fused-ring (bicyclic) bond motifs is 14. The Hall–Kier alpha value is -11.1. The highest BCUT2D eigenvalue weighted by atomic mass is 35.8. The molecule has 22 rings (SSSR count). The van der Waals surface area contributed by atoms with Gasteiger partial charge in [-0.1, -0.05) is 71.0 Å². The maximum absolute atomic E-state index is 11.5. The van der Waals surface area contributed by atoms with Crippen molar-refractivity contribution in [3.05, 3.63) is 186 Å². The van der Waals surface area contributed by atoms with E-state index in [1.807, 2.05) is 43.3 Å². The molecule has 0 saturated heterocycles. The third-order valence-corrected chi connectivity index (χ3v) is 29.2. The molecule has 14 heterocycles. The molecule has 5 N–H and O–H groups in total. The third-order valence-electron chi connectivity index (χ3n) is 18.5. The number of phenols is 2. The van der Waals surface area contributed by atoms with Gasteiger partial charge in [0.2, 0.25) is 47.6 Å². The van der Waals surface area contributed by atoms with Gasteiger partial charge in [-0.15, -0.1) is 79.4 Å². The summed E-state index contributed by atoms with van der Waals surface area (Å²) in [6.45, 7) is 7.22. The van der Waals surface area contributed by atoms with Crippen LogP contribution in [0.3, 0.4) is 0 Å². The van der Waals surface area contributed by atoms with E-state index in [4.69, 9.17) is 181 Å². The van der Waals surface area contributed by atoms with Crippen LogP contribution in [0.15, 0.2) is 121 Å². The Kier molecular flexibility index (Phi) is 38.2. The normalized spacial score (nSPS) is 12.3. The molecule has 51 heteroatoms. The Bertz CT molecular complexity index is 6940. The molecule has 7 aliphatic rings. The molecule has 33 nitrogen and oxygen atoms in total. The highest BCUT2D eigenvalue weighted by Gasteiger charge is 2.29. The minimum Gasteiger partial charge on any atom is -0.504 e. The Balaban J connectivity index is 0.000000141. The van der Waals surface area contributed by atoms with Gasteiger partial charge in [-0.25, -0.2) is 63.7 Å². The first-order valence-electron chi connectivity index (χ1n) is 39.3. The second-order valence-electron chi connectivity index (χ2n) is 27.2. The summed E-state index contributed by atoms with van der Waals surface area (Å²) in [5, 5.41) is 51.0. The van der Waals surface area contributed by atoms with E-state index >= 15 is 0 Å². The summed E-state index contributed by atoms with van der Waals surface area (Å²) < 4.78 is 102. The quantitative estimate of drug-likeness (QED) is 0.0141. The van der Waals surface area contributed by atoms with Gasteiger partial charge in [-0.3, -0.25) is 9.59 Å². The molecule has 0 atom stereocenters. The van der Waals surface area contributed by atoms with Crippen molar-refractivity contribution in [1.29, 1.82) is 0 Å². The Morgan fingerprint density at radius 3 is 0.964 bits per heavy atom. The topological polar surface area (TPSA) is 430 Å². The van der Waals surface area contributed by atoms with Crippen molar-refractivity contribution in [2.45, 2.75) is 20.8 Å². The number of hydrogen-bond acceptors (Lipinski definition) is 38. The first kappa shape index (κ1) is 108. The number of benzene rings is 8. The fourth-order valence-corrected chi connectivity index (χ4v) is 21.6. The zero-order chi connectivity index (χ0) is 101. The number of carbonyl (C=O) groups is 9. The molecule has 0 spiro atoms. The smallest absolute Gasteiger partial charge is 0.504 e. The average molecular weight is 2270 g/mol. The number of carboxylic acid groups (broad SMARTS) is 3.